The number of hydrogen-bond acceptors (Lipinski definition) is 3. The molecule has 1 aromatic carbocycles. The molecule has 1 saturated heterocycles. The van der Waals surface area contributed by atoms with Gasteiger partial charge in [-0.25, -0.2) is 0 Å². The summed E-state index contributed by atoms with van der Waals surface area (Å²) in [4.78, 5) is 0. The first-order valence-electron chi connectivity index (χ1n) is 5.14. The topological polar surface area (TPSA) is 35.8 Å². The minimum Gasteiger partial charge on any atom is -0.381 e. The van der Waals surface area contributed by atoms with E-state index in [9.17, 15) is 0 Å². The van der Waals surface area contributed by atoms with Crippen molar-refractivity contribution in [2.45, 2.75) is 19.4 Å². The number of nitriles is 1. The Morgan fingerprint density at radius 2 is 2.40 bits per heavy atom. The van der Waals surface area contributed by atoms with Crippen molar-refractivity contribution in [3.05, 3.63) is 29.3 Å². The Labute approximate surface area is 94.7 Å². The van der Waals surface area contributed by atoms with Crippen molar-refractivity contribution in [1.29, 1.82) is 5.26 Å². The summed E-state index contributed by atoms with van der Waals surface area (Å²) in [6.45, 7) is 1.98. The van der Waals surface area contributed by atoms with Crippen LogP contribution in [-0.2, 0) is 0 Å². The molecule has 1 N–H and O–H groups in total. The molecule has 0 amide bonds. The van der Waals surface area contributed by atoms with Crippen LogP contribution in [0.3, 0.4) is 0 Å². The summed E-state index contributed by atoms with van der Waals surface area (Å²) in [5, 5.41) is 12.3. The summed E-state index contributed by atoms with van der Waals surface area (Å²) in [6.07, 6.45) is 1.24. The van der Waals surface area contributed by atoms with Gasteiger partial charge in [-0.1, -0.05) is 0 Å². The summed E-state index contributed by atoms with van der Waals surface area (Å²) in [5.74, 6) is 2.45. The van der Waals surface area contributed by atoms with Crippen LogP contribution in [0.2, 0.25) is 0 Å². The second kappa shape index (κ2) is 4.59. The van der Waals surface area contributed by atoms with Gasteiger partial charge in [-0.05, 0) is 42.9 Å². The monoisotopic (exact) mass is 218 g/mol. The van der Waals surface area contributed by atoms with Crippen LogP contribution in [0.1, 0.15) is 17.5 Å². The van der Waals surface area contributed by atoms with E-state index in [4.69, 9.17) is 5.26 Å². The van der Waals surface area contributed by atoms with Crippen LogP contribution >= 0.6 is 11.8 Å². The number of thioether (sulfide) groups is 1. The van der Waals surface area contributed by atoms with Gasteiger partial charge in [0, 0.05) is 17.5 Å². The number of aryl methyl sites for hydroxylation is 1. The number of benzene rings is 1. The maximum Gasteiger partial charge on any atom is 0.0994 e. The number of nitrogens with one attached hydrogen (secondary N) is 1. The third-order valence-corrected chi connectivity index (χ3v) is 3.81. The molecule has 15 heavy (non-hydrogen) atoms. The van der Waals surface area contributed by atoms with E-state index in [1.807, 2.05) is 30.8 Å². The number of nitrogens with zero attached hydrogens (tertiary/aromatic N) is 1. The van der Waals surface area contributed by atoms with Crippen LogP contribution < -0.4 is 5.32 Å². The first-order chi connectivity index (χ1) is 7.29. The largest absolute Gasteiger partial charge is 0.381 e. The molecule has 0 spiro atoms. The molecule has 1 unspecified atom stereocenters. The van der Waals surface area contributed by atoms with E-state index < -0.39 is 0 Å². The Morgan fingerprint density at radius 3 is 3.00 bits per heavy atom. The molecule has 1 fully saturated rings. The zero-order valence-electron chi connectivity index (χ0n) is 8.79. The summed E-state index contributed by atoms with van der Waals surface area (Å²) < 4.78 is 0. The van der Waals surface area contributed by atoms with E-state index in [0.717, 1.165) is 16.8 Å². The van der Waals surface area contributed by atoms with Crippen molar-refractivity contribution in [2.24, 2.45) is 0 Å². The molecule has 1 aliphatic heterocycles. The van der Waals surface area contributed by atoms with Crippen molar-refractivity contribution >= 4 is 17.4 Å². The second-order valence-corrected chi connectivity index (χ2v) is 5.00. The smallest absolute Gasteiger partial charge is 0.0994 e. The molecule has 0 aliphatic carbocycles. The third-order valence-electron chi connectivity index (χ3n) is 2.65. The Bertz CT molecular complexity index is 389. The Kier molecular flexibility index (Phi) is 3.17. The normalized spacial score (nSPS) is 19.9. The minimum atomic E-state index is 0.599. The molecule has 1 aliphatic rings. The van der Waals surface area contributed by atoms with E-state index >= 15 is 0 Å². The molecule has 1 atom stereocenters. The van der Waals surface area contributed by atoms with Crippen LogP contribution in [0.4, 0.5) is 5.69 Å². The molecule has 78 valence electrons. The summed E-state index contributed by atoms with van der Waals surface area (Å²) in [6, 6.07) is 8.72. The zero-order chi connectivity index (χ0) is 10.7. The van der Waals surface area contributed by atoms with Gasteiger partial charge in [-0.3, -0.25) is 0 Å². The molecule has 0 aromatic heterocycles. The summed E-state index contributed by atoms with van der Waals surface area (Å²) in [7, 11) is 0. The Balaban J connectivity index is 2.09. The van der Waals surface area contributed by atoms with Crippen molar-refractivity contribution < 1.29 is 0 Å². The first-order valence-corrected chi connectivity index (χ1v) is 6.30. The van der Waals surface area contributed by atoms with Gasteiger partial charge < -0.3 is 5.32 Å². The lowest BCUT2D eigenvalue weighted by Gasteiger charge is -2.13. The number of anilines is 1. The van der Waals surface area contributed by atoms with E-state index in [1.54, 1.807) is 0 Å². The van der Waals surface area contributed by atoms with Gasteiger partial charge in [0.1, 0.15) is 0 Å². The van der Waals surface area contributed by atoms with Gasteiger partial charge in [0.15, 0.2) is 0 Å². The average Bonchev–Trinajstić information content (AvgIpc) is 2.71. The third kappa shape index (κ3) is 2.45. The highest BCUT2D eigenvalue weighted by molar-refractivity contribution is 7.99. The highest BCUT2D eigenvalue weighted by Crippen LogP contribution is 2.22. The molecule has 3 heteroatoms. The van der Waals surface area contributed by atoms with Crippen LogP contribution in [0.25, 0.3) is 0 Å². The molecule has 0 saturated carbocycles. The highest BCUT2D eigenvalue weighted by Gasteiger charge is 2.14. The average molecular weight is 218 g/mol. The molecule has 1 heterocycles. The van der Waals surface area contributed by atoms with Crippen LogP contribution in [0.15, 0.2) is 18.2 Å². The predicted molar refractivity (Wildman–Crippen MR) is 65.2 cm³/mol. The molecular formula is C12H14N2S. The molecule has 1 aromatic rings. The zero-order valence-corrected chi connectivity index (χ0v) is 9.60. The minimum absolute atomic E-state index is 0.599. The van der Waals surface area contributed by atoms with Gasteiger partial charge in [0.05, 0.1) is 11.6 Å². The standard InChI is InChI=1S/C12H14N2S/c1-9-6-11(3-2-10(9)7-13)14-12-4-5-15-8-12/h2-3,6,12,14H,4-5,8H2,1H3. The lowest BCUT2D eigenvalue weighted by atomic mass is 10.1. The fourth-order valence-electron chi connectivity index (χ4n) is 1.76. The fraction of sp³-hybridized carbons (Fsp3) is 0.417. The molecule has 0 bridgehead atoms. The van der Waals surface area contributed by atoms with Crippen LogP contribution in [0, 0.1) is 18.3 Å². The lowest BCUT2D eigenvalue weighted by molar-refractivity contribution is 0.813. The van der Waals surface area contributed by atoms with Crippen molar-refractivity contribution in [1.82, 2.24) is 0 Å². The van der Waals surface area contributed by atoms with Crippen molar-refractivity contribution in [3.63, 3.8) is 0 Å². The summed E-state index contributed by atoms with van der Waals surface area (Å²) >= 11 is 2.00. The molecule has 0 radical (unpaired) electrons. The first kappa shape index (κ1) is 10.4. The maximum absolute atomic E-state index is 8.82. The second-order valence-electron chi connectivity index (χ2n) is 3.85. The maximum atomic E-state index is 8.82. The fourth-order valence-corrected chi connectivity index (χ4v) is 2.92. The number of rotatable bonds is 2. The van der Waals surface area contributed by atoms with Crippen LogP contribution in [0.5, 0.6) is 0 Å². The van der Waals surface area contributed by atoms with Gasteiger partial charge in [-0.2, -0.15) is 17.0 Å². The van der Waals surface area contributed by atoms with Crippen molar-refractivity contribution in [2.75, 3.05) is 16.8 Å². The Morgan fingerprint density at radius 1 is 1.53 bits per heavy atom. The van der Waals surface area contributed by atoms with E-state index in [0.29, 0.717) is 6.04 Å². The van der Waals surface area contributed by atoms with Gasteiger partial charge >= 0.3 is 0 Å². The van der Waals surface area contributed by atoms with Gasteiger partial charge in [0.25, 0.3) is 0 Å². The summed E-state index contributed by atoms with van der Waals surface area (Å²) in [5.41, 5.74) is 2.95. The molecule has 2 nitrogen and oxygen atoms in total. The van der Waals surface area contributed by atoms with E-state index in [-0.39, 0.29) is 0 Å². The predicted octanol–water partition coefficient (Wildman–Crippen LogP) is 2.78. The van der Waals surface area contributed by atoms with Crippen LogP contribution in [-0.4, -0.2) is 17.5 Å². The lowest BCUT2D eigenvalue weighted by Crippen LogP contribution is -2.18. The molecular weight excluding hydrogens is 204 g/mol. The SMILES string of the molecule is Cc1cc(NC2CCSC2)ccc1C#N. The van der Waals surface area contributed by atoms with Crippen molar-refractivity contribution in [3.8, 4) is 6.07 Å². The van der Waals surface area contributed by atoms with E-state index in [2.05, 4.69) is 17.5 Å². The Hall–Kier alpha value is -1.14. The van der Waals surface area contributed by atoms with Gasteiger partial charge in [0.2, 0.25) is 0 Å². The van der Waals surface area contributed by atoms with Gasteiger partial charge in [-0.15, -0.1) is 0 Å². The number of hydrogen-bond donors (Lipinski definition) is 1. The molecule has 2 rings (SSSR count). The highest BCUT2D eigenvalue weighted by atomic mass is 32.2. The quantitative estimate of drug-likeness (QED) is 0.829. The van der Waals surface area contributed by atoms with E-state index in [1.165, 1.54) is 17.9 Å².